The largest absolute Gasteiger partial charge is 0.397 e. The van der Waals surface area contributed by atoms with Crippen molar-refractivity contribution in [3.05, 3.63) is 23.8 Å². The molecule has 100 valence electrons. The van der Waals surface area contributed by atoms with Crippen molar-refractivity contribution in [1.82, 2.24) is 4.90 Å². The number of nitrogens with two attached hydrogens (primary N) is 1. The minimum Gasteiger partial charge on any atom is -0.397 e. The van der Waals surface area contributed by atoms with Crippen LogP contribution in [0.5, 0.6) is 0 Å². The van der Waals surface area contributed by atoms with Crippen LogP contribution in [0.15, 0.2) is 18.2 Å². The Morgan fingerprint density at radius 2 is 2.06 bits per heavy atom. The number of benzene rings is 1. The highest BCUT2D eigenvalue weighted by atomic mass is 16.3. The Kier molecular flexibility index (Phi) is 4.44. The van der Waals surface area contributed by atoms with E-state index in [0.29, 0.717) is 0 Å². The number of β-amino-alcohol motifs (C(OH)–C–C–N with tert-alkyl or cyclic N) is 1. The first kappa shape index (κ1) is 13.2. The highest BCUT2D eigenvalue weighted by Crippen LogP contribution is 2.28. The molecule has 1 saturated heterocycles. The normalized spacial score (nSPS) is 17.8. The Bertz CT molecular complexity index is 374. The van der Waals surface area contributed by atoms with E-state index in [4.69, 9.17) is 10.8 Å². The van der Waals surface area contributed by atoms with Gasteiger partial charge in [0, 0.05) is 26.2 Å². The topological polar surface area (TPSA) is 52.7 Å². The molecule has 0 amide bonds. The first-order chi connectivity index (χ1) is 8.72. The molecule has 2 rings (SSSR count). The summed E-state index contributed by atoms with van der Waals surface area (Å²) in [5.41, 5.74) is 9.39. The van der Waals surface area contributed by atoms with Crippen LogP contribution in [-0.2, 0) is 0 Å². The summed E-state index contributed by atoms with van der Waals surface area (Å²) in [6.07, 6.45) is 1.12. The molecule has 0 bridgehead atoms. The van der Waals surface area contributed by atoms with Crippen molar-refractivity contribution < 1.29 is 5.11 Å². The van der Waals surface area contributed by atoms with E-state index >= 15 is 0 Å². The lowest BCUT2D eigenvalue weighted by Crippen LogP contribution is -2.33. The average molecular weight is 249 g/mol. The van der Waals surface area contributed by atoms with Gasteiger partial charge in [0.1, 0.15) is 0 Å². The second-order valence-electron chi connectivity index (χ2n) is 4.92. The van der Waals surface area contributed by atoms with Crippen LogP contribution in [0.4, 0.5) is 11.4 Å². The summed E-state index contributed by atoms with van der Waals surface area (Å²) in [7, 11) is 0. The van der Waals surface area contributed by atoms with Crippen molar-refractivity contribution in [2.75, 3.05) is 50.0 Å². The molecule has 0 atom stereocenters. The van der Waals surface area contributed by atoms with E-state index in [1.165, 1.54) is 11.3 Å². The summed E-state index contributed by atoms with van der Waals surface area (Å²) in [5, 5.41) is 9.01. The van der Waals surface area contributed by atoms with Gasteiger partial charge in [-0.3, -0.25) is 4.90 Å². The van der Waals surface area contributed by atoms with Crippen molar-refractivity contribution in [2.45, 2.75) is 13.3 Å². The predicted molar refractivity (Wildman–Crippen MR) is 75.9 cm³/mol. The first-order valence-corrected chi connectivity index (χ1v) is 6.65. The molecule has 0 radical (unpaired) electrons. The van der Waals surface area contributed by atoms with Crippen LogP contribution in [0.1, 0.15) is 12.0 Å². The van der Waals surface area contributed by atoms with Gasteiger partial charge in [0.2, 0.25) is 0 Å². The summed E-state index contributed by atoms with van der Waals surface area (Å²) in [5.74, 6) is 0. The van der Waals surface area contributed by atoms with Gasteiger partial charge in [0.05, 0.1) is 18.0 Å². The lowest BCUT2D eigenvalue weighted by molar-refractivity contribution is 0.204. The maximum Gasteiger partial charge on any atom is 0.0630 e. The Hall–Kier alpha value is -1.26. The minimum absolute atomic E-state index is 0.243. The third-order valence-corrected chi connectivity index (χ3v) is 3.59. The zero-order valence-corrected chi connectivity index (χ0v) is 11.1. The predicted octanol–water partition coefficient (Wildman–Crippen LogP) is 1.08. The standard InChI is InChI=1S/C14H23N3O/c1-12-4-2-5-13(15)14(12)17-7-3-6-16(8-9-17)10-11-18/h2,4-5,18H,3,6-11,15H2,1H3. The number of hydrogen-bond donors (Lipinski definition) is 2. The molecule has 4 heteroatoms. The van der Waals surface area contributed by atoms with Crippen molar-refractivity contribution in [3.8, 4) is 0 Å². The number of anilines is 2. The monoisotopic (exact) mass is 249 g/mol. The molecule has 0 spiro atoms. The smallest absolute Gasteiger partial charge is 0.0630 e. The van der Waals surface area contributed by atoms with Crippen LogP contribution in [0.3, 0.4) is 0 Å². The van der Waals surface area contributed by atoms with Crippen LogP contribution < -0.4 is 10.6 Å². The fourth-order valence-corrected chi connectivity index (χ4v) is 2.67. The molecule has 1 aromatic carbocycles. The fraction of sp³-hybridized carbons (Fsp3) is 0.571. The maximum atomic E-state index is 9.01. The van der Waals surface area contributed by atoms with E-state index < -0.39 is 0 Å². The third kappa shape index (κ3) is 2.94. The van der Waals surface area contributed by atoms with Gasteiger partial charge in [-0.15, -0.1) is 0 Å². The first-order valence-electron chi connectivity index (χ1n) is 6.65. The lowest BCUT2D eigenvalue weighted by atomic mass is 10.1. The van der Waals surface area contributed by atoms with Crippen LogP contribution >= 0.6 is 0 Å². The Morgan fingerprint density at radius 1 is 1.22 bits per heavy atom. The second-order valence-corrected chi connectivity index (χ2v) is 4.92. The van der Waals surface area contributed by atoms with Crippen molar-refractivity contribution >= 4 is 11.4 Å². The van der Waals surface area contributed by atoms with E-state index in [9.17, 15) is 0 Å². The molecule has 0 aliphatic carbocycles. The summed E-state index contributed by atoms with van der Waals surface area (Å²) in [6, 6.07) is 6.09. The number of hydrogen-bond acceptors (Lipinski definition) is 4. The molecule has 1 fully saturated rings. The molecule has 0 aromatic heterocycles. The van der Waals surface area contributed by atoms with Crippen LogP contribution in [-0.4, -0.2) is 49.3 Å². The van der Waals surface area contributed by atoms with Gasteiger partial charge in [-0.2, -0.15) is 0 Å². The van der Waals surface area contributed by atoms with Crippen LogP contribution in [0.25, 0.3) is 0 Å². The Labute approximate surface area is 109 Å². The van der Waals surface area contributed by atoms with E-state index in [1.807, 2.05) is 12.1 Å². The van der Waals surface area contributed by atoms with Gasteiger partial charge in [0.25, 0.3) is 0 Å². The van der Waals surface area contributed by atoms with E-state index in [2.05, 4.69) is 22.8 Å². The van der Waals surface area contributed by atoms with E-state index in [1.54, 1.807) is 0 Å². The van der Waals surface area contributed by atoms with E-state index in [-0.39, 0.29) is 6.61 Å². The zero-order chi connectivity index (χ0) is 13.0. The third-order valence-electron chi connectivity index (χ3n) is 3.59. The average Bonchev–Trinajstić information content (AvgIpc) is 2.56. The number of nitrogen functional groups attached to an aromatic ring is 1. The Balaban J connectivity index is 2.10. The van der Waals surface area contributed by atoms with Crippen molar-refractivity contribution in [2.24, 2.45) is 0 Å². The van der Waals surface area contributed by atoms with Gasteiger partial charge in [-0.25, -0.2) is 0 Å². The molecular weight excluding hydrogens is 226 g/mol. The van der Waals surface area contributed by atoms with Gasteiger partial charge in [-0.05, 0) is 31.5 Å². The fourth-order valence-electron chi connectivity index (χ4n) is 2.67. The number of aliphatic hydroxyl groups is 1. The highest BCUT2D eigenvalue weighted by Gasteiger charge is 2.17. The number of rotatable bonds is 3. The molecule has 3 N–H and O–H groups in total. The van der Waals surface area contributed by atoms with Gasteiger partial charge < -0.3 is 15.7 Å². The number of para-hydroxylation sites is 1. The molecule has 1 aliphatic heterocycles. The number of aryl methyl sites for hydroxylation is 1. The van der Waals surface area contributed by atoms with E-state index in [0.717, 1.165) is 44.8 Å². The summed E-state index contributed by atoms with van der Waals surface area (Å²) < 4.78 is 0. The van der Waals surface area contributed by atoms with Gasteiger partial charge in [0.15, 0.2) is 0 Å². The van der Waals surface area contributed by atoms with Gasteiger partial charge >= 0.3 is 0 Å². The number of aliphatic hydroxyl groups excluding tert-OH is 1. The highest BCUT2D eigenvalue weighted by molar-refractivity contribution is 5.71. The molecule has 1 aromatic rings. The maximum absolute atomic E-state index is 9.01. The van der Waals surface area contributed by atoms with Gasteiger partial charge in [-0.1, -0.05) is 12.1 Å². The molecule has 0 unspecified atom stereocenters. The zero-order valence-electron chi connectivity index (χ0n) is 11.1. The van der Waals surface area contributed by atoms with Crippen molar-refractivity contribution in [3.63, 3.8) is 0 Å². The van der Waals surface area contributed by atoms with Crippen LogP contribution in [0, 0.1) is 6.92 Å². The van der Waals surface area contributed by atoms with Crippen molar-refractivity contribution in [1.29, 1.82) is 0 Å². The molecule has 4 nitrogen and oxygen atoms in total. The molecule has 0 saturated carbocycles. The summed E-state index contributed by atoms with van der Waals surface area (Å²) in [6.45, 7) is 7.20. The molecule has 1 heterocycles. The Morgan fingerprint density at radius 3 is 2.78 bits per heavy atom. The second kappa shape index (κ2) is 6.07. The van der Waals surface area contributed by atoms with Crippen LogP contribution in [0.2, 0.25) is 0 Å². The number of nitrogens with zero attached hydrogens (tertiary/aromatic N) is 2. The molecule has 1 aliphatic rings. The SMILES string of the molecule is Cc1cccc(N)c1N1CCCN(CCO)CC1. The quantitative estimate of drug-likeness (QED) is 0.787. The summed E-state index contributed by atoms with van der Waals surface area (Å²) in [4.78, 5) is 4.69. The summed E-state index contributed by atoms with van der Waals surface area (Å²) >= 11 is 0. The minimum atomic E-state index is 0.243. The lowest BCUT2D eigenvalue weighted by Gasteiger charge is -2.26. The molecule has 18 heavy (non-hydrogen) atoms. The molecular formula is C14H23N3O.